The number of fused-ring (bicyclic) bond motifs is 1. The van der Waals surface area contributed by atoms with Gasteiger partial charge >= 0.3 is 5.97 Å². The SMILES string of the molecule is COC(=O)C(C)C(C)N1C[C@H]2CNC[C@H]2C1. The minimum atomic E-state index is -0.0947. The molecule has 2 heterocycles. The summed E-state index contributed by atoms with van der Waals surface area (Å²) in [6.07, 6.45) is 0. The predicted molar refractivity (Wildman–Crippen MR) is 62.1 cm³/mol. The third kappa shape index (κ3) is 2.09. The summed E-state index contributed by atoms with van der Waals surface area (Å²) in [6.45, 7) is 8.63. The van der Waals surface area contributed by atoms with Crippen molar-refractivity contribution >= 4 is 5.97 Å². The fourth-order valence-electron chi connectivity index (χ4n) is 2.92. The fraction of sp³-hybridized carbons (Fsp3) is 0.917. The van der Waals surface area contributed by atoms with Crippen molar-refractivity contribution in [2.75, 3.05) is 33.3 Å². The number of nitrogens with zero attached hydrogens (tertiary/aromatic N) is 1. The highest BCUT2D eigenvalue weighted by Gasteiger charge is 2.39. The molecule has 0 amide bonds. The van der Waals surface area contributed by atoms with Gasteiger partial charge in [-0.1, -0.05) is 6.92 Å². The van der Waals surface area contributed by atoms with Crippen molar-refractivity contribution in [3.05, 3.63) is 0 Å². The normalized spacial score (nSPS) is 33.4. The number of hydrogen-bond acceptors (Lipinski definition) is 4. The lowest BCUT2D eigenvalue weighted by Crippen LogP contribution is -2.40. The number of hydrogen-bond donors (Lipinski definition) is 1. The third-order valence-corrected chi connectivity index (χ3v) is 4.29. The molecule has 2 fully saturated rings. The van der Waals surface area contributed by atoms with Crippen LogP contribution in [0.25, 0.3) is 0 Å². The minimum absolute atomic E-state index is 0.0308. The van der Waals surface area contributed by atoms with Crippen LogP contribution in [0.5, 0.6) is 0 Å². The van der Waals surface area contributed by atoms with Gasteiger partial charge in [-0.05, 0) is 31.8 Å². The van der Waals surface area contributed by atoms with E-state index in [4.69, 9.17) is 4.74 Å². The lowest BCUT2D eigenvalue weighted by molar-refractivity contribution is -0.146. The zero-order valence-corrected chi connectivity index (χ0v) is 10.4. The first kappa shape index (κ1) is 11.9. The van der Waals surface area contributed by atoms with Gasteiger partial charge in [0, 0.05) is 19.1 Å². The van der Waals surface area contributed by atoms with E-state index in [-0.39, 0.29) is 17.9 Å². The number of rotatable bonds is 3. The molecule has 0 saturated carbocycles. The van der Waals surface area contributed by atoms with Crippen LogP contribution < -0.4 is 5.32 Å². The summed E-state index contributed by atoms with van der Waals surface area (Å²) in [5.41, 5.74) is 0. The van der Waals surface area contributed by atoms with Crippen molar-refractivity contribution in [1.82, 2.24) is 10.2 Å². The molecular weight excluding hydrogens is 204 g/mol. The lowest BCUT2D eigenvalue weighted by atomic mass is 10.0. The van der Waals surface area contributed by atoms with Crippen LogP contribution in [0.1, 0.15) is 13.8 Å². The molecule has 2 aliphatic rings. The Balaban J connectivity index is 1.91. The molecule has 92 valence electrons. The summed E-state index contributed by atoms with van der Waals surface area (Å²) in [6, 6.07) is 0.290. The Morgan fingerprint density at radius 3 is 2.38 bits per heavy atom. The number of likely N-dealkylation sites (tertiary alicyclic amines) is 1. The maximum Gasteiger partial charge on any atom is 0.309 e. The van der Waals surface area contributed by atoms with Gasteiger partial charge in [0.25, 0.3) is 0 Å². The topological polar surface area (TPSA) is 41.6 Å². The number of methoxy groups -OCH3 is 1. The molecule has 16 heavy (non-hydrogen) atoms. The van der Waals surface area contributed by atoms with Crippen molar-refractivity contribution in [1.29, 1.82) is 0 Å². The molecule has 0 radical (unpaired) electrons. The lowest BCUT2D eigenvalue weighted by Gasteiger charge is -2.28. The molecule has 0 aromatic carbocycles. The van der Waals surface area contributed by atoms with Gasteiger partial charge in [0.05, 0.1) is 13.0 Å². The second-order valence-electron chi connectivity index (χ2n) is 5.18. The van der Waals surface area contributed by atoms with Gasteiger partial charge < -0.3 is 10.1 Å². The van der Waals surface area contributed by atoms with Gasteiger partial charge in [-0.15, -0.1) is 0 Å². The van der Waals surface area contributed by atoms with Crippen molar-refractivity contribution in [3.8, 4) is 0 Å². The number of ether oxygens (including phenoxy) is 1. The minimum Gasteiger partial charge on any atom is -0.469 e. The quantitative estimate of drug-likeness (QED) is 0.704. The highest BCUT2D eigenvalue weighted by atomic mass is 16.5. The second-order valence-corrected chi connectivity index (χ2v) is 5.18. The zero-order valence-electron chi connectivity index (χ0n) is 10.4. The molecule has 0 aromatic rings. The highest BCUT2D eigenvalue weighted by molar-refractivity contribution is 5.72. The predicted octanol–water partition coefficient (Wildman–Crippen LogP) is 0.335. The summed E-state index contributed by atoms with van der Waals surface area (Å²) in [7, 11) is 1.47. The Kier molecular flexibility index (Phi) is 3.50. The molecule has 0 bridgehead atoms. The van der Waals surface area contributed by atoms with Crippen LogP contribution in [-0.4, -0.2) is 50.2 Å². The first-order valence-corrected chi connectivity index (χ1v) is 6.16. The molecule has 4 heteroatoms. The van der Waals surface area contributed by atoms with Crippen molar-refractivity contribution in [3.63, 3.8) is 0 Å². The smallest absolute Gasteiger partial charge is 0.309 e. The van der Waals surface area contributed by atoms with E-state index in [1.54, 1.807) is 0 Å². The number of nitrogens with one attached hydrogen (secondary N) is 1. The van der Waals surface area contributed by atoms with Gasteiger partial charge in [-0.25, -0.2) is 0 Å². The van der Waals surface area contributed by atoms with Crippen LogP contribution in [0.3, 0.4) is 0 Å². The number of carbonyl (C=O) groups excluding carboxylic acids is 1. The van der Waals surface area contributed by atoms with E-state index in [1.807, 2.05) is 6.92 Å². The monoisotopic (exact) mass is 226 g/mol. The second kappa shape index (κ2) is 4.72. The summed E-state index contributed by atoms with van der Waals surface area (Å²) in [5.74, 6) is 1.44. The van der Waals surface area contributed by atoms with Gasteiger partial charge in [0.1, 0.15) is 0 Å². The third-order valence-electron chi connectivity index (χ3n) is 4.29. The van der Waals surface area contributed by atoms with E-state index in [0.29, 0.717) is 0 Å². The summed E-state index contributed by atoms with van der Waals surface area (Å²) in [5, 5.41) is 3.43. The number of esters is 1. The van der Waals surface area contributed by atoms with Crippen LogP contribution in [0.4, 0.5) is 0 Å². The van der Waals surface area contributed by atoms with Crippen LogP contribution in [-0.2, 0) is 9.53 Å². The molecular formula is C12H22N2O2. The Morgan fingerprint density at radius 2 is 1.88 bits per heavy atom. The van der Waals surface area contributed by atoms with E-state index >= 15 is 0 Å². The van der Waals surface area contributed by atoms with Crippen LogP contribution in [0, 0.1) is 17.8 Å². The van der Waals surface area contributed by atoms with Crippen LogP contribution >= 0.6 is 0 Å². The molecule has 0 aliphatic carbocycles. The summed E-state index contributed by atoms with van der Waals surface area (Å²) < 4.78 is 4.81. The van der Waals surface area contributed by atoms with E-state index in [2.05, 4.69) is 17.1 Å². The molecule has 2 aliphatic heterocycles. The molecule has 0 aromatic heterocycles. The standard InChI is InChI=1S/C12H22N2O2/c1-8(12(15)16-3)9(2)14-6-10-4-13-5-11(10)7-14/h8-11,13H,4-7H2,1-3H3/t8?,9?,10-,11+. The van der Waals surface area contributed by atoms with Crippen LogP contribution in [0.15, 0.2) is 0 Å². The highest BCUT2D eigenvalue weighted by Crippen LogP contribution is 2.29. The van der Waals surface area contributed by atoms with Crippen molar-refractivity contribution in [2.24, 2.45) is 17.8 Å². The molecule has 1 N–H and O–H groups in total. The Bertz CT molecular complexity index is 258. The molecule has 2 rings (SSSR count). The molecule has 0 spiro atoms. The van der Waals surface area contributed by atoms with E-state index in [0.717, 1.165) is 38.0 Å². The Morgan fingerprint density at radius 1 is 1.31 bits per heavy atom. The summed E-state index contributed by atoms with van der Waals surface area (Å²) >= 11 is 0. The van der Waals surface area contributed by atoms with Crippen molar-refractivity contribution < 1.29 is 9.53 Å². The first-order valence-electron chi connectivity index (χ1n) is 6.16. The van der Waals surface area contributed by atoms with Gasteiger partial charge in [0.2, 0.25) is 0 Å². The van der Waals surface area contributed by atoms with Crippen molar-refractivity contribution in [2.45, 2.75) is 19.9 Å². The van der Waals surface area contributed by atoms with Gasteiger partial charge in [-0.3, -0.25) is 9.69 Å². The zero-order chi connectivity index (χ0) is 11.7. The first-order chi connectivity index (χ1) is 7.63. The van der Waals surface area contributed by atoms with Gasteiger partial charge in [-0.2, -0.15) is 0 Å². The average molecular weight is 226 g/mol. The van der Waals surface area contributed by atoms with Gasteiger partial charge in [0.15, 0.2) is 0 Å². The van der Waals surface area contributed by atoms with E-state index in [1.165, 1.54) is 7.11 Å². The average Bonchev–Trinajstić information content (AvgIpc) is 2.85. The van der Waals surface area contributed by atoms with E-state index < -0.39 is 0 Å². The van der Waals surface area contributed by atoms with E-state index in [9.17, 15) is 4.79 Å². The molecule has 4 nitrogen and oxygen atoms in total. The molecule has 4 atom stereocenters. The largest absolute Gasteiger partial charge is 0.469 e. The maximum atomic E-state index is 11.5. The molecule has 2 saturated heterocycles. The Hall–Kier alpha value is -0.610. The number of carbonyl (C=O) groups is 1. The summed E-state index contributed by atoms with van der Waals surface area (Å²) in [4.78, 5) is 13.9. The Labute approximate surface area is 97.3 Å². The van der Waals surface area contributed by atoms with Crippen LogP contribution in [0.2, 0.25) is 0 Å². The maximum absolute atomic E-state index is 11.5. The molecule has 2 unspecified atom stereocenters. The fourth-order valence-corrected chi connectivity index (χ4v) is 2.92.